The first-order valence-corrected chi connectivity index (χ1v) is 9.33. The number of carbonyl (C=O) groups is 2. The number of hydrogen-bond acceptors (Lipinski definition) is 6. The van der Waals surface area contributed by atoms with E-state index in [-0.39, 0.29) is 0 Å². The molecular weight excluding hydrogens is 571 g/mol. The number of nitrogens with two attached hydrogens (primary N) is 2. The zero-order valence-corrected chi connectivity index (χ0v) is 18.6. The third-order valence-corrected chi connectivity index (χ3v) is 4.76. The van der Waals surface area contributed by atoms with Crippen LogP contribution in [0.25, 0.3) is 0 Å². The van der Waals surface area contributed by atoms with E-state index in [1.807, 2.05) is 6.07 Å². The minimum atomic E-state index is -0.422. The third-order valence-electron chi connectivity index (χ3n) is 2.92. The van der Waals surface area contributed by atoms with Crippen LogP contribution in [0.3, 0.4) is 0 Å². The molecule has 0 bridgehead atoms. The summed E-state index contributed by atoms with van der Waals surface area (Å²) in [6.45, 7) is 0. The summed E-state index contributed by atoms with van der Waals surface area (Å²) < 4.78 is 11.6. The molecule has 0 radical (unpaired) electrons. The fourth-order valence-corrected chi connectivity index (χ4v) is 3.55. The number of carbonyl (C=O) groups excluding carboxylic acids is 2. The van der Waals surface area contributed by atoms with Crippen LogP contribution in [0.1, 0.15) is 20.7 Å². The molecule has 0 amide bonds. The van der Waals surface area contributed by atoms with Gasteiger partial charge in [0.1, 0.15) is 0 Å². The molecule has 0 saturated heterocycles. The fraction of sp³-hybridized carbons (Fsp3) is 0.125. The summed E-state index contributed by atoms with van der Waals surface area (Å²) in [5.41, 5.74) is 12.9. The summed E-state index contributed by atoms with van der Waals surface area (Å²) >= 11 is 8.57. The van der Waals surface area contributed by atoms with Crippen molar-refractivity contribution >= 4 is 77.8 Å². The summed E-state index contributed by atoms with van der Waals surface area (Å²) in [5.74, 6) is -0.842. The van der Waals surface area contributed by atoms with Gasteiger partial charge in [0, 0.05) is 18.2 Å². The Labute approximate surface area is 175 Å². The van der Waals surface area contributed by atoms with Gasteiger partial charge in [0.25, 0.3) is 0 Å². The van der Waals surface area contributed by atoms with Crippen molar-refractivity contribution < 1.29 is 19.1 Å². The smallest absolute Gasteiger partial charge is 0.340 e. The molecule has 2 aromatic carbocycles. The van der Waals surface area contributed by atoms with E-state index in [0.29, 0.717) is 22.5 Å². The van der Waals surface area contributed by atoms with Gasteiger partial charge in [-0.3, -0.25) is 0 Å². The highest BCUT2D eigenvalue weighted by molar-refractivity contribution is 14.1. The van der Waals surface area contributed by atoms with Gasteiger partial charge in [-0.1, -0.05) is 31.9 Å². The molecule has 6 nitrogen and oxygen atoms in total. The van der Waals surface area contributed by atoms with Crippen molar-refractivity contribution in [3.05, 3.63) is 54.0 Å². The second-order valence-electron chi connectivity index (χ2n) is 4.56. The van der Waals surface area contributed by atoms with Crippen LogP contribution in [0, 0.1) is 3.57 Å². The van der Waals surface area contributed by atoms with Crippen molar-refractivity contribution in [3.8, 4) is 0 Å². The average molecular weight is 586 g/mol. The van der Waals surface area contributed by atoms with Gasteiger partial charge in [-0.2, -0.15) is 0 Å². The van der Waals surface area contributed by atoms with Crippen molar-refractivity contribution in [2.45, 2.75) is 0 Å². The standard InChI is InChI=1S/C8H7BrINO2.C8H8BrNO2/c1-13-8(12)5-2-4(9)3-6(10)7(5)11;1-12-8(11)6-4-5(9)2-3-7(6)10/h2-3H,11H2,1H3;2-4H,10H2,1H3. The van der Waals surface area contributed by atoms with E-state index >= 15 is 0 Å². The van der Waals surface area contributed by atoms with E-state index in [4.69, 9.17) is 11.5 Å². The number of methoxy groups -OCH3 is 2. The fourth-order valence-electron chi connectivity index (χ4n) is 1.68. The molecule has 0 heterocycles. The maximum Gasteiger partial charge on any atom is 0.340 e. The van der Waals surface area contributed by atoms with Crippen LogP contribution >= 0.6 is 54.5 Å². The third kappa shape index (κ3) is 6.15. The van der Waals surface area contributed by atoms with E-state index < -0.39 is 11.9 Å². The molecule has 0 saturated carbocycles. The SMILES string of the molecule is COC(=O)c1cc(Br)cc(I)c1N.COC(=O)c1cc(Br)ccc1N. The van der Waals surface area contributed by atoms with Crippen molar-refractivity contribution in [2.75, 3.05) is 25.7 Å². The zero-order chi connectivity index (χ0) is 19.1. The molecule has 0 aliphatic carbocycles. The Kier molecular flexibility index (Phi) is 8.66. The highest BCUT2D eigenvalue weighted by Gasteiger charge is 2.13. The number of hydrogen-bond donors (Lipinski definition) is 2. The van der Waals surface area contributed by atoms with E-state index in [1.165, 1.54) is 14.2 Å². The van der Waals surface area contributed by atoms with Gasteiger partial charge in [-0.15, -0.1) is 0 Å². The number of benzene rings is 2. The van der Waals surface area contributed by atoms with Crippen LogP contribution < -0.4 is 11.5 Å². The molecule has 0 fully saturated rings. The predicted octanol–water partition coefficient (Wildman–Crippen LogP) is 4.24. The minimum absolute atomic E-state index is 0.381. The van der Waals surface area contributed by atoms with E-state index in [9.17, 15) is 9.59 Å². The first-order chi connectivity index (χ1) is 11.7. The molecule has 9 heteroatoms. The van der Waals surface area contributed by atoms with Crippen LogP contribution in [-0.2, 0) is 9.47 Å². The maximum atomic E-state index is 11.2. The van der Waals surface area contributed by atoms with E-state index in [2.05, 4.69) is 63.9 Å². The van der Waals surface area contributed by atoms with Crippen molar-refractivity contribution in [1.82, 2.24) is 0 Å². The molecule has 4 N–H and O–H groups in total. The monoisotopic (exact) mass is 584 g/mol. The molecule has 2 rings (SSSR count). The molecule has 0 aliphatic heterocycles. The van der Waals surface area contributed by atoms with Crippen molar-refractivity contribution in [3.63, 3.8) is 0 Å². The zero-order valence-electron chi connectivity index (χ0n) is 13.3. The van der Waals surface area contributed by atoms with Crippen molar-refractivity contribution in [1.29, 1.82) is 0 Å². The number of nitrogen functional groups attached to an aromatic ring is 2. The summed E-state index contributed by atoms with van der Waals surface area (Å²) in [6, 6.07) is 8.52. The first-order valence-electron chi connectivity index (χ1n) is 6.67. The van der Waals surface area contributed by atoms with Gasteiger partial charge in [-0.05, 0) is 52.9 Å². The van der Waals surface area contributed by atoms with Crippen molar-refractivity contribution in [2.24, 2.45) is 0 Å². The summed E-state index contributed by atoms with van der Waals surface area (Å²) in [6.07, 6.45) is 0. The second-order valence-corrected chi connectivity index (χ2v) is 7.56. The Balaban J connectivity index is 0.000000251. The molecule has 2 aromatic rings. The topological polar surface area (TPSA) is 105 Å². The largest absolute Gasteiger partial charge is 0.465 e. The number of halogens is 3. The van der Waals surface area contributed by atoms with Crippen LogP contribution in [0.15, 0.2) is 39.3 Å². The molecule has 0 unspecified atom stereocenters. The van der Waals surface area contributed by atoms with Crippen LogP contribution in [-0.4, -0.2) is 26.2 Å². The lowest BCUT2D eigenvalue weighted by molar-refractivity contribution is 0.0593. The Morgan fingerprint density at radius 2 is 1.44 bits per heavy atom. The number of rotatable bonds is 2. The molecule has 25 heavy (non-hydrogen) atoms. The maximum absolute atomic E-state index is 11.2. The molecular formula is C16H15Br2IN2O4. The Bertz CT molecular complexity index is 800. The molecule has 0 aromatic heterocycles. The van der Waals surface area contributed by atoms with Crippen LogP contribution in [0.5, 0.6) is 0 Å². The Morgan fingerprint density at radius 3 is 2.00 bits per heavy atom. The molecule has 0 aliphatic rings. The van der Waals surface area contributed by atoms with Gasteiger partial charge >= 0.3 is 11.9 Å². The molecule has 134 valence electrons. The highest BCUT2D eigenvalue weighted by atomic mass is 127. The van der Waals surface area contributed by atoms with Gasteiger partial charge in [0.05, 0.1) is 31.0 Å². The predicted molar refractivity (Wildman–Crippen MR) is 113 cm³/mol. The van der Waals surface area contributed by atoms with E-state index in [1.54, 1.807) is 24.3 Å². The molecule has 0 atom stereocenters. The number of anilines is 2. The normalized spacial score (nSPS) is 9.64. The lowest BCUT2D eigenvalue weighted by atomic mass is 10.2. The van der Waals surface area contributed by atoms with E-state index in [0.717, 1.165) is 12.5 Å². The van der Waals surface area contributed by atoms with Gasteiger partial charge in [-0.25, -0.2) is 9.59 Å². The number of esters is 2. The minimum Gasteiger partial charge on any atom is -0.465 e. The highest BCUT2D eigenvalue weighted by Crippen LogP contribution is 2.25. The Morgan fingerprint density at radius 1 is 0.920 bits per heavy atom. The lowest BCUT2D eigenvalue weighted by Gasteiger charge is -2.05. The Hall–Kier alpha value is -1.33. The quantitative estimate of drug-likeness (QED) is 0.310. The van der Waals surface area contributed by atoms with Crippen LogP contribution in [0.4, 0.5) is 11.4 Å². The second kappa shape index (κ2) is 9.97. The van der Waals surface area contributed by atoms with Gasteiger partial charge in [0.2, 0.25) is 0 Å². The van der Waals surface area contributed by atoms with Gasteiger partial charge < -0.3 is 20.9 Å². The molecule has 0 spiro atoms. The first kappa shape index (κ1) is 21.7. The van der Waals surface area contributed by atoms with Crippen LogP contribution in [0.2, 0.25) is 0 Å². The summed E-state index contributed by atoms with van der Waals surface area (Å²) in [7, 11) is 2.65. The average Bonchev–Trinajstić information content (AvgIpc) is 2.59. The number of ether oxygens (including phenoxy) is 2. The summed E-state index contributed by atoms with van der Waals surface area (Å²) in [5, 5.41) is 0. The summed E-state index contributed by atoms with van der Waals surface area (Å²) in [4.78, 5) is 22.3. The van der Waals surface area contributed by atoms with Gasteiger partial charge in [0.15, 0.2) is 0 Å². The lowest BCUT2D eigenvalue weighted by Crippen LogP contribution is -2.06.